The van der Waals surface area contributed by atoms with Crippen molar-refractivity contribution in [2.45, 2.75) is 9.50 Å². The molecule has 0 aliphatic heterocycles. The summed E-state index contributed by atoms with van der Waals surface area (Å²) in [7, 11) is 0. The molecule has 0 radical (unpaired) electrons. The van der Waals surface area contributed by atoms with Gasteiger partial charge in [0.1, 0.15) is 4.34 Å². The summed E-state index contributed by atoms with van der Waals surface area (Å²) in [5.74, 6) is 0.783. The van der Waals surface area contributed by atoms with Crippen molar-refractivity contribution in [1.29, 1.82) is 0 Å². The molecule has 1 N–H and O–H groups in total. The maximum atomic E-state index is 5.81. The van der Waals surface area contributed by atoms with Crippen LogP contribution in [0.25, 0.3) is 10.7 Å². The molecule has 0 unspecified atom stereocenters. The Hall–Kier alpha value is -0.890. The van der Waals surface area contributed by atoms with E-state index in [4.69, 9.17) is 11.6 Å². The van der Waals surface area contributed by atoms with Gasteiger partial charge in [0.05, 0.1) is 11.1 Å². The van der Waals surface area contributed by atoms with E-state index in [1.807, 2.05) is 17.5 Å². The van der Waals surface area contributed by atoms with Gasteiger partial charge in [-0.05, 0) is 23.2 Å². The Balaban J connectivity index is 1.81. The average Bonchev–Trinajstić information content (AvgIpc) is 3.00. The molecule has 0 aromatic carbocycles. The standard InChI is InChI=1S/C9H5ClN4S3/c10-6-4-11-9(16-6)17-8-12-7(13-14-8)5-2-1-3-15-5/h1-4H,(H,12,13,14). The van der Waals surface area contributed by atoms with Crippen molar-refractivity contribution in [3.8, 4) is 10.7 Å². The summed E-state index contributed by atoms with van der Waals surface area (Å²) < 4.78 is 1.51. The molecule has 8 heteroatoms. The molecular weight excluding hydrogens is 296 g/mol. The SMILES string of the molecule is Clc1cnc(Sc2n[nH]c(-c3cccs3)n2)s1. The average molecular weight is 301 g/mol. The summed E-state index contributed by atoms with van der Waals surface area (Å²) in [5.41, 5.74) is 0. The number of aromatic nitrogens is 4. The van der Waals surface area contributed by atoms with Gasteiger partial charge in [0.2, 0.25) is 5.16 Å². The van der Waals surface area contributed by atoms with Crippen molar-refractivity contribution in [2.24, 2.45) is 0 Å². The summed E-state index contributed by atoms with van der Waals surface area (Å²) in [6.45, 7) is 0. The van der Waals surface area contributed by atoms with E-state index in [9.17, 15) is 0 Å². The molecule has 0 bridgehead atoms. The molecule has 0 saturated carbocycles. The third-order valence-corrected chi connectivity index (χ3v) is 4.79. The highest BCUT2D eigenvalue weighted by Gasteiger charge is 2.09. The van der Waals surface area contributed by atoms with Crippen molar-refractivity contribution in [2.75, 3.05) is 0 Å². The molecule has 17 heavy (non-hydrogen) atoms. The van der Waals surface area contributed by atoms with Crippen molar-refractivity contribution >= 4 is 46.0 Å². The van der Waals surface area contributed by atoms with Crippen molar-refractivity contribution in [1.82, 2.24) is 20.2 Å². The normalized spacial score (nSPS) is 10.9. The third-order valence-electron chi connectivity index (χ3n) is 1.85. The molecule has 0 aliphatic carbocycles. The second-order valence-corrected chi connectivity index (χ2v) is 6.80. The van der Waals surface area contributed by atoms with E-state index in [1.165, 1.54) is 23.1 Å². The zero-order valence-electron chi connectivity index (χ0n) is 8.25. The maximum Gasteiger partial charge on any atom is 0.215 e. The smallest absolute Gasteiger partial charge is 0.215 e. The van der Waals surface area contributed by atoms with Crippen LogP contribution in [0.3, 0.4) is 0 Å². The molecule has 3 rings (SSSR count). The van der Waals surface area contributed by atoms with Gasteiger partial charge in [0, 0.05) is 0 Å². The predicted molar refractivity (Wildman–Crippen MR) is 70.9 cm³/mol. The van der Waals surface area contributed by atoms with Gasteiger partial charge in [-0.3, -0.25) is 5.10 Å². The summed E-state index contributed by atoms with van der Waals surface area (Å²) in [5, 5.41) is 9.70. The number of rotatable bonds is 3. The van der Waals surface area contributed by atoms with Crippen LogP contribution in [0, 0.1) is 0 Å². The maximum absolute atomic E-state index is 5.81. The molecule has 0 aliphatic rings. The number of hydrogen-bond donors (Lipinski definition) is 1. The number of hydrogen-bond acceptors (Lipinski definition) is 6. The van der Waals surface area contributed by atoms with Gasteiger partial charge >= 0.3 is 0 Å². The zero-order valence-corrected chi connectivity index (χ0v) is 11.5. The number of thiazole rings is 1. The lowest BCUT2D eigenvalue weighted by Crippen LogP contribution is -1.74. The highest BCUT2D eigenvalue weighted by Crippen LogP contribution is 2.32. The van der Waals surface area contributed by atoms with E-state index < -0.39 is 0 Å². The number of nitrogens with one attached hydrogen (secondary N) is 1. The zero-order chi connectivity index (χ0) is 11.7. The minimum Gasteiger partial charge on any atom is -0.257 e. The fourth-order valence-electron chi connectivity index (χ4n) is 1.18. The first-order chi connectivity index (χ1) is 8.31. The Morgan fingerprint density at radius 3 is 3.06 bits per heavy atom. The summed E-state index contributed by atoms with van der Waals surface area (Å²) >= 11 is 10.2. The van der Waals surface area contributed by atoms with E-state index in [2.05, 4.69) is 20.2 Å². The van der Waals surface area contributed by atoms with E-state index in [1.54, 1.807) is 17.5 Å². The van der Waals surface area contributed by atoms with Gasteiger partial charge in [-0.15, -0.1) is 16.4 Å². The first-order valence-corrected chi connectivity index (χ1v) is 7.46. The van der Waals surface area contributed by atoms with E-state index in [0.717, 1.165) is 15.0 Å². The lowest BCUT2D eigenvalue weighted by molar-refractivity contribution is 0.972. The third kappa shape index (κ3) is 2.52. The Bertz CT molecular complexity index is 616. The van der Waals surface area contributed by atoms with Gasteiger partial charge < -0.3 is 0 Å². The van der Waals surface area contributed by atoms with Gasteiger partial charge in [0.25, 0.3) is 0 Å². The lowest BCUT2D eigenvalue weighted by atomic mass is 10.4. The molecular formula is C9H5ClN4S3. The second-order valence-electron chi connectivity index (χ2n) is 2.98. The molecule has 86 valence electrons. The van der Waals surface area contributed by atoms with Gasteiger partial charge in [-0.1, -0.05) is 29.0 Å². The first kappa shape index (κ1) is 11.2. The quantitative estimate of drug-likeness (QED) is 0.799. The van der Waals surface area contributed by atoms with Crippen molar-refractivity contribution in [3.05, 3.63) is 28.0 Å². The van der Waals surface area contributed by atoms with Crippen LogP contribution in [0.2, 0.25) is 4.34 Å². The van der Waals surface area contributed by atoms with Crippen LogP contribution in [-0.4, -0.2) is 20.2 Å². The van der Waals surface area contributed by atoms with Gasteiger partial charge in [-0.25, -0.2) is 9.97 Å². The topological polar surface area (TPSA) is 54.5 Å². The molecule has 0 fully saturated rings. The largest absolute Gasteiger partial charge is 0.257 e. The minimum atomic E-state index is 0.652. The van der Waals surface area contributed by atoms with Gasteiger partial charge in [-0.2, -0.15) is 0 Å². The van der Waals surface area contributed by atoms with Crippen LogP contribution in [0.5, 0.6) is 0 Å². The van der Waals surface area contributed by atoms with Crippen LogP contribution < -0.4 is 0 Å². The van der Waals surface area contributed by atoms with Gasteiger partial charge in [0.15, 0.2) is 10.2 Å². The van der Waals surface area contributed by atoms with Crippen LogP contribution in [0.1, 0.15) is 0 Å². The summed E-state index contributed by atoms with van der Waals surface area (Å²) in [4.78, 5) is 9.60. The number of thiophene rings is 1. The second kappa shape index (κ2) is 4.77. The van der Waals surface area contributed by atoms with Crippen LogP contribution in [-0.2, 0) is 0 Å². The molecule has 0 amide bonds. The number of aromatic amines is 1. The van der Waals surface area contributed by atoms with Crippen molar-refractivity contribution < 1.29 is 0 Å². The van der Waals surface area contributed by atoms with Crippen LogP contribution >= 0.6 is 46.0 Å². The van der Waals surface area contributed by atoms with E-state index in [0.29, 0.717) is 9.49 Å². The minimum absolute atomic E-state index is 0.652. The number of nitrogens with zero attached hydrogens (tertiary/aromatic N) is 3. The predicted octanol–water partition coefficient (Wildman–Crippen LogP) is 3.79. The molecule has 3 aromatic heterocycles. The highest BCUT2D eigenvalue weighted by molar-refractivity contribution is 8.00. The summed E-state index contributed by atoms with van der Waals surface area (Å²) in [6, 6.07) is 3.98. The Morgan fingerprint density at radius 1 is 1.41 bits per heavy atom. The molecule has 0 atom stereocenters. The fraction of sp³-hybridized carbons (Fsp3) is 0. The Kier molecular flexibility index (Phi) is 3.15. The number of halogens is 1. The molecule has 0 saturated heterocycles. The Labute approximate surface area is 114 Å². The van der Waals surface area contributed by atoms with Crippen LogP contribution in [0.15, 0.2) is 33.2 Å². The number of H-pyrrole nitrogens is 1. The first-order valence-electron chi connectivity index (χ1n) is 4.57. The summed E-state index contributed by atoms with van der Waals surface area (Å²) in [6.07, 6.45) is 1.63. The molecule has 0 spiro atoms. The van der Waals surface area contributed by atoms with Crippen molar-refractivity contribution in [3.63, 3.8) is 0 Å². The lowest BCUT2D eigenvalue weighted by Gasteiger charge is -1.87. The van der Waals surface area contributed by atoms with E-state index >= 15 is 0 Å². The fourth-order valence-corrected chi connectivity index (χ4v) is 3.78. The molecule has 4 nitrogen and oxygen atoms in total. The highest BCUT2D eigenvalue weighted by atomic mass is 35.5. The molecule has 3 heterocycles. The van der Waals surface area contributed by atoms with E-state index in [-0.39, 0.29) is 0 Å². The monoisotopic (exact) mass is 300 g/mol. The molecule has 3 aromatic rings. The Morgan fingerprint density at radius 2 is 2.35 bits per heavy atom. The van der Waals surface area contributed by atoms with Crippen LogP contribution in [0.4, 0.5) is 0 Å².